The third-order valence-electron chi connectivity index (χ3n) is 4.25. The van der Waals surface area contributed by atoms with Gasteiger partial charge in [-0.15, -0.1) is 11.3 Å². The molecule has 0 spiro atoms. The first kappa shape index (κ1) is 16.9. The summed E-state index contributed by atoms with van der Waals surface area (Å²) >= 11 is 1.53. The number of nitrogens with one attached hydrogen (secondary N) is 1. The molecule has 1 aliphatic rings. The van der Waals surface area contributed by atoms with Gasteiger partial charge in [-0.05, 0) is 36.9 Å². The second kappa shape index (κ2) is 8.76. The lowest BCUT2D eigenvalue weighted by Crippen LogP contribution is -2.40. The van der Waals surface area contributed by atoms with Gasteiger partial charge in [0, 0.05) is 37.3 Å². The molecular weight excluding hydrogens is 318 g/mol. The van der Waals surface area contributed by atoms with Crippen LogP contribution in [0.3, 0.4) is 0 Å². The largest absolute Gasteiger partial charge is 0.352 e. The van der Waals surface area contributed by atoms with Gasteiger partial charge in [-0.3, -0.25) is 9.69 Å². The minimum absolute atomic E-state index is 0.0367. The van der Waals surface area contributed by atoms with E-state index in [0.717, 1.165) is 31.2 Å². The molecule has 1 aromatic carbocycles. The molecule has 2 heterocycles. The topological polar surface area (TPSA) is 45.2 Å². The number of benzene rings is 1. The Morgan fingerprint density at radius 1 is 1.38 bits per heavy atom. The molecule has 1 amide bonds. The summed E-state index contributed by atoms with van der Waals surface area (Å²) in [6, 6.07) is 10.6. The molecule has 1 N–H and O–H groups in total. The Morgan fingerprint density at radius 2 is 2.25 bits per heavy atom. The van der Waals surface area contributed by atoms with Crippen molar-refractivity contribution in [2.45, 2.75) is 19.4 Å². The van der Waals surface area contributed by atoms with Crippen molar-refractivity contribution in [2.75, 3.05) is 19.6 Å². The number of piperidine rings is 1. The number of rotatable bonds is 6. The maximum Gasteiger partial charge on any atom is 0.244 e. The molecule has 0 saturated carbocycles. The minimum Gasteiger partial charge on any atom is -0.352 e. The number of hydrogen-bond acceptors (Lipinski definition) is 4. The predicted molar refractivity (Wildman–Crippen MR) is 98.6 cm³/mol. The number of carbonyl (C=O) groups is 1. The Hall–Kier alpha value is -1.98. The number of aromatic nitrogens is 1. The standard InChI is InChI=1S/C19H23N3OS/c23-18(8-9-19-20-10-12-24-19)21-13-17-7-4-11-22(15-17)14-16-5-2-1-3-6-16/h1-3,5-6,8-10,12,17H,4,7,11,13-15H2,(H,21,23)/b9-8+. The monoisotopic (exact) mass is 341 g/mol. The highest BCUT2D eigenvalue weighted by molar-refractivity contribution is 7.10. The van der Waals surface area contributed by atoms with E-state index >= 15 is 0 Å². The van der Waals surface area contributed by atoms with Crippen LogP contribution < -0.4 is 5.32 Å². The molecule has 5 heteroatoms. The molecule has 1 atom stereocenters. The first-order valence-corrected chi connectivity index (χ1v) is 9.29. The molecule has 1 saturated heterocycles. The Balaban J connectivity index is 1.43. The number of hydrogen-bond donors (Lipinski definition) is 1. The van der Waals surface area contributed by atoms with E-state index in [4.69, 9.17) is 0 Å². The van der Waals surface area contributed by atoms with E-state index in [1.54, 1.807) is 18.3 Å². The van der Waals surface area contributed by atoms with Gasteiger partial charge >= 0.3 is 0 Å². The summed E-state index contributed by atoms with van der Waals surface area (Å²) < 4.78 is 0. The van der Waals surface area contributed by atoms with Crippen LogP contribution in [0.15, 0.2) is 48.0 Å². The molecule has 0 bridgehead atoms. The van der Waals surface area contributed by atoms with Crippen molar-refractivity contribution in [3.63, 3.8) is 0 Å². The fourth-order valence-electron chi connectivity index (χ4n) is 3.07. The van der Waals surface area contributed by atoms with Gasteiger partial charge in [0.05, 0.1) is 0 Å². The van der Waals surface area contributed by atoms with Crippen molar-refractivity contribution in [3.8, 4) is 0 Å². The second-order valence-electron chi connectivity index (χ2n) is 6.18. The summed E-state index contributed by atoms with van der Waals surface area (Å²) in [6.07, 6.45) is 7.46. The quantitative estimate of drug-likeness (QED) is 0.821. The summed E-state index contributed by atoms with van der Waals surface area (Å²) in [5.41, 5.74) is 1.36. The van der Waals surface area contributed by atoms with E-state index in [9.17, 15) is 4.79 Å². The van der Waals surface area contributed by atoms with Crippen molar-refractivity contribution >= 4 is 23.3 Å². The summed E-state index contributed by atoms with van der Waals surface area (Å²) in [5.74, 6) is 0.491. The van der Waals surface area contributed by atoms with E-state index in [-0.39, 0.29) is 5.91 Å². The van der Waals surface area contributed by atoms with Gasteiger partial charge < -0.3 is 5.32 Å². The van der Waals surface area contributed by atoms with Crippen LogP contribution in [0.2, 0.25) is 0 Å². The van der Waals surface area contributed by atoms with Crippen LogP contribution in [0, 0.1) is 5.92 Å². The number of amides is 1. The lowest BCUT2D eigenvalue weighted by Gasteiger charge is -2.32. The fourth-order valence-corrected chi connectivity index (χ4v) is 3.60. The zero-order valence-corrected chi connectivity index (χ0v) is 14.5. The van der Waals surface area contributed by atoms with Crippen molar-refractivity contribution < 1.29 is 4.79 Å². The summed E-state index contributed by atoms with van der Waals surface area (Å²) in [4.78, 5) is 18.5. The van der Waals surface area contributed by atoms with Crippen LogP contribution in [0.5, 0.6) is 0 Å². The Kier molecular flexibility index (Phi) is 6.15. The fraction of sp³-hybridized carbons (Fsp3) is 0.368. The zero-order chi connectivity index (χ0) is 16.6. The molecule has 1 aliphatic heterocycles. The van der Waals surface area contributed by atoms with E-state index in [2.05, 4.69) is 45.5 Å². The molecule has 1 fully saturated rings. The molecule has 0 radical (unpaired) electrons. The van der Waals surface area contributed by atoms with Crippen LogP contribution in [0.25, 0.3) is 6.08 Å². The molecule has 4 nitrogen and oxygen atoms in total. The van der Waals surface area contributed by atoms with E-state index in [1.807, 2.05) is 5.38 Å². The SMILES string of the molecule is O=C(/C=C/c1nccs1)NCC1CCCN(Cc2ccccc2)C1. The highest BCUT2D eigenvalue weighted by Crippen LogP contribution is 2.18. The van der Waals surface area contributed by atoms with Crippen LogP contribution in [0.4, 0.5) is 0 Å². The molecule has 126 valence electrons. The molecule has 1 aromatic heterocycles. The van der Waals surface area contributed by atoms with Crippen molar-refractivity contribution in [3.05, 3.63) is 58.6 Å². The normalized spacial score (nSPS) is 18.8. The first-order valence-electron chi connectivity index (χ1n) is 8.41. The molecule has 3 rings (SSSR count). The number of nitrogens with zero attached hydrogens (tertiary/aromatic N) is 2. The van der Waals surface area contributed by atoms with Gasteiger partial charge in [0.1, 0.15) is 5.01 Å². The predicted octanol–water partition coefficient (Wildman–Crippen LogP) is 3.18. The maximum absolute atomic E-state index is 11.9. The van der Waals surface area contributed by atoms with Crippen LogP contribution >= 0.6 is 11.3 Å². The third kappa shape index (κ3) is 5.28. The van der Waals surface area contributed by atoms with Gasteiger partial charge in [-0.1, -0.05) is 30.3 Å². The van der Waals surface area contributed by atoms with Gasteiger partial charge in [0.15, 0.2) is 0 Å². The third-order valence-corrected chi connectivity index (χ3v) is 4.99. The molecule has 1 unspecified atom stereocenters. The van der Waals surface area contributed by atoms with E-state index < -0.39 is 0 Å². The Morgan fingerprint density at radius 3 is 3.04 bits per heavy atom. The molecule has 2 aromatic rings. The summed E-state index contributed by atoms with van der Waals surface area (Å²) in [7, 11) is 0. The highest BCUT2D eigenvalue weighted by Gasteiger charge is 2.20. The number of thiazole rings is 1. The average molecular weight is 341 g/mol. The van der Waals surface area contributed by atoms with E-state index in [1.165, 1.54) is 29.7 Å². The van der Waals surface area contributed by atoms with E-state index in [0.29, 0.717) is 5.92 Å². The van der Waals surface area contributed by atoms with Gasteiger partial charge in [0.25, 0.3) is 0 Å². The highest BCUT2D eigenvalue weighted by atomic mass is 32.1. The molecular formula is C19H23N3OS. The summed E-state index contributed by atoms with van der Waals surface area (Å²) in [5, 5.41) is 5.79. The minimum atomic E-state index is -0.0367. The maximum atomic E-state index is 11.9. The number of carbonyl (C=O) groups excluding carboxylic acids is 1. The van der Waals surface area contributed by atoms with Crippen LogP contribution in [-0.2, 0) is 11.3 Å². The van der Waals surface area contributed by atoms with Gasteiger partial charge in [-0.2, -0.15) is 0 Å². The lowest BCUT2D eigenvalue weighted by molar-refractivity contribution is -0.116. The van der Waals surface area contributed by atoms with Crippen LogP contribution in [-0.4, -0.2) is 35.4 Å². The van der Waals surface area contributed by atoms with Crippen molar-refractivity contribution in [2.24, 2.45) is 5.92 Å². The molecule has 24 heavy (non-hydrogen) atoms. The Labute approximate surface area is 147 Å². The van der Waals surface area contributed by atoms with Gasteiger partial charge in [-0.25, -0.2) is 4.98 Å². The number of likely N-dealkylation sites (tertiary alicyclic amines) is 1. The van der Waals surface area contributed by atoms with Crippen molar-refractivity contribution in [1.82, 2.24) is 15.2 Å². The molecule has 0 aliphatic carbocycles. The van der Waals surface area contributed by atoms with Crippen molar-refractivity contribution in [1.29, 1.82) is 0 Å². The summed E-state index contributed by atoms with van der Waals surface area (Å²) in [6.45, 7) is 3.93. The average Bonchev–Trinajstić information content (AvgIpc) is 3.13. The zero-order valence-electron chi connectivity index (χ0n) is 13.7. The smallest absolute Gasteiger partial charge is 0.244 e. The first-order chi connectivity index (χ1) is 11.8. The van der Waals surface area contributed by atoms with Gasteiger partial charge in [0.2, 0.25) is 5.91 Å². The second-order valence-corrected chi connectivity index (χ2v) is 7.10. The lowest BCUT2D eigenvalue weighted by atomic mass is 9.97. The van der Waals surface area contributed by atoms with Crippen LogP contribution in [0.1, 0.15) is 23.4 Å². The Bertz CT molecular complexity index is 655.